The highest BCUT2D eigenvalue weighted by molar-refractivity contribution is 5.17. The van der Waals surface area contributed by atoms with Gasteiger partial charge in [-0.05, 0) is 25.7 Å². The van der Waals surface area contributed by atoms with E-state index in [1.54, 1.807) is 0 Å². The molecule has 1 nitrogen and oxygen atoms in total. The summed E-state index contributed by atoms with van der Waals surface area (Å²) >= 11 is 0. The van der Waals surface area contributed by atoms with Gasteiger partial charge in [-0.2, -0.15) is 0 Å². The summed E-state index contributed by atoms with van der Waals surface area (Å²) in [6.07, 6.45) is 11.3. The largest absolute Gasteiger partial charge is 0.307 e. The highest BCUT2D eigenvalue weighted by atomic mass is 14.9. The van der Waals surface area contributed by atoms with E-state index in [2.05, 4.69) is 50.4 Å². The number of rotatable bonds is 4. The molecule has 1 rings (SSSR count). The van der Waals surface area contributed by atoms with Crippen molar-refractivity contribution >= 4 is 0 Å². The van der Waals surface area contributed by atoms with Crippen LogP contribution in [0.3, 0.4) is 0 Å². The van der Waals surface area contributed by atoms with Gasteiger partial charge in [0.1, 0.15) is 0 Å². The molecule has 1 aliphatic carbocycles. The van der Waals surface area contributed by atoms with Crippen molar-refractivity contribution < 1.29 is 0 Å². The second-order valence-corrected chi connectivity index (χ2v) is 3.84. The first kappa shape index (κ1) is 10.5. The SMILES string of the molecule is CCC(C)NC1C=CC=CC1CC. The molecule has 0 radical (unpaired) electrons. The Morgan fingerprint density at radius 3 is 2.54 bits per heavy atom. The summed E-state index contributed by atoms with van der Waals surface area (Å²) in [6, 6.07) is 1.17. The fraction of sp³-hybridized carbons (Fsp3) is 0.667. The van der Waals surface area contributed by atoms with Crippen LogP contribution in [0, 0.1) is 5.92 Å². The van der Waals surface area contributed by atoms with E-state index in [1.165, 1.54) is 12.8 Å². The minimum atomic E-state index is 0.546. The zero-order chi connectivity index (χ0) is 9.68. The van der Waals surface area contributed by atoms with Gasteiger partial charge in [-0.3, -0.25) is 0 Å². The third-order valence-electron chi connectivity index (χ3n) is 2.81. The Labute approximate surface area is 81.9 Å². The van der Waals surface area contributed by atoms with Crippen LogP contribution in [-0.4, -0.2) is 12.1 Å². The molecular weight excluding hydrogens is 158 g/mol. The summed E-state index contributed by atoms with van der Waals surface area (Å²) in [7, 11) is 0. The zero-order valence-electron chi connectivity index (χ0n) is 8.96. The quantitative estimate of drug-likeness (QED) is 0.699. The minimum Gasteiger partial charge on any atom is -0.307 e. The maximum Gasteiger partial charge on any atom is 0.0318 e. The Morgan fingerprint density at radius 1 is 1.23 bits per heavy atom. The first-order chi connectivity index (χ1) is 6.27. The van der Waals surface area contributed by atoms with E-state index in [1.807, 2.05) is 0 Å². The third-order valence-corrected chi connectivity index (χ3v) is 2.81. The molecule has 0 heterocycles. The number of nitrogens with one attached hydrogen (secondary N) is 1. The molecule has 13 heavy (non-hydrogen) atoms. The highest BCUT2D eigenvalue weighted by Gasteiger charge is 2.17. The van der Waals surface area contributed by atoms with Gasteiger partial charge in [0, 0.05) is 12.1 Å². The average Bonchev–Trinajstić information content (AvgIpc) is 2.18. The van der Waals surface area contributed by atoms with Crippen LogP contribution in [-0.2, 0) is 0 Å². The fourth-order valence-electron chi connectivity index (χ4n) is 1.67. The lowest BCUT2D eigenvalue weighted by molar-refractivity contribution is 0.404. The third kappa shape index (κ3) is 3.00. The lowest BCUT2D eigenvalue weighted by Gasteiger charge is -2.27. The lowest BCUT2D eigenvalue weighted by Crippen LogP contribution is -2.39. The molecule has 0 saturated carbocycles. The van der Waals surface area contributed by atoms with Gasteiger partial charge < -0.3 is 5.32 Å². The van der Waals surface area contributed by atoms with Crippen molar-refractivity contribution in [2.24, 2.45) is 5.92 Å². The van der Waals surface area contributed by atoms with E-state index in [9.17, 15) is 0 Å². The van der Waals surface area contributed by atoms with E-state index in [0.29, 0.717) is 18.0 Å². The molecule has 1 aliphatic rings. The van der Waals surface area contributed by atoms with E-state index >= 15 is 0 Å². The Hall–Kier alpha value is -0.560. The van der Waals surface area contributed by atoms with Gasteiger partial charge in [-0.15, -0.1) is 0 Å². The Kier molecular flexibility index (Phi) is 4.23. The zero-order valence-corrected chi connectivity index (χ0v) is 8.96. The minimum absolute atomic E-state index is 0.546. The summed E-state index contributed by atoms with van der Waals surface area (Å²) < 4.78 is 0. The van der Waals surface area contributed by atoms with Crippen LogP contribution in [0.15, 0.2) is 24.3 Å². The first-order valence-electron chi connectivity index (χ1n) is 5.39. The molecule has 0 spiro atoms. The normalized spacial score (nSPS) is 29.2. The summed E-state index contributed by atoms with van der Waals surface area (Å²) in [4.78, 5) is 0. The molecule has 0 aromatic rings. The molecule has 74 valence electrons. The van der Waals surface area contributed by atoms with Crippen molar-refractivity contribution in [2.75, 3.05) is 0 Å². The number of hydrogen-bond acceptors (Lipinski definition) is 1. The van der Waals surface area contributed by atoms with Gasteiger partial charge in [0.2, 0.25) is 0 Å². The van der Waals surface area contributed by atoms with Gasteiger partial charge in [0.15, 0.2) is 0 Å². The molecule has 1 N–H and O–H groups in total. The van der Waals surface area contributed by atoms with Crippen LogP contribution >= 0.6 is 0 Å². The smallest absolute Gasteiger partial charge is 0.0318 e. The summed E-state index contributed by atoms with van der Waals surface area (Å²) in [5.74, 6) is 0.680. The van der Waals surface area contributed by atoms with Crippen molar-refractivity contribution in [2.45, 2.75) is 45.7 Å². The van der Waals surface area contributed by atoms with Crippen LogP contribution in [0.2, 0.25) is 0 Å². The molecule has 0 amide bonds. The molecule has 0 bridgehead atoms. The Bertz CT molecular complexity index is 193. The van der Waals surface area contributed by atoms with Crippen molar-refractivity contribution in [1.82, 2.24) is 5.32 Å². The van der Waals surface area contributed by atoms with E-state index in [4.69, 9.17) is 0 Å². The second kappa shape index (κ2) is 5.23. The Balaban J connectivity index is 2.47. The number of allylic oxidation sites excluding steroid dienone is 2. The predicted molar refractivity (Wildman–Crippen MR) is 58.7 cm³/mol. The Morgan fingerprint density at radius 2 is 1.92 bits per heavy atom. The fourth-order valence-corrected chi connectivity index (χ4v) is 1.67. The molecule has 3 atom stereocenters. The van der Waals surface area contributed by atoms with Crippen LogP contribution in [0.5, 0.6) is 0 Å². The predicted octanol–water partition coefficient (Wildman–Crippen LogP) is 2.90. The van der Waals surface area contributed by atoms with Crippen molar-refractivity contribution in [3.63, 3.8) is 0 Å². The first-order valence-corrected chi connectivity index (χ1v) is 5.39. The van der Waals surface area contributed by atoms with Gasteiger partial charge >= 0.3 is 0 Å². The van der Waals surface area contributed by atoms with Crippen LogP contribution in [0.1, 0.15) is 33.6 Å². The van der Waals surface area contributed by atoms with Gasteiger partial charge in [0.05, 0.1) is 0 Å². The molecule has 1 heteroatoms. The van der Waals surface area contributed by atoms with E-state index in [0.717, 1.165) is 0 Å². The van der Waals surface area contributed by atoms with Gasteiger partial charge in [0.25, 0.3) is 0 Å². The van der Waals surface area contributed by atoms with Crippen molar-refractivity contribution in [1.29, 1.82) is 0 Å². The average molecular weight is 179 g/mol. The van der Waals surface area contributed by atoms with Crippen LogP contribution in [0.4, 0.5) is 0 Å². The van der Waals surface area contributed by atoms with Crippen LogP contribution in [0.25, 0.3) is 0 Å². The summed E-state index contributed by atoms with van der Waals surface area (Å²) in [5, 5.41) is 3.63. The molecule has 0 saturated heterocycles. The second-order valence-electron chi connectivity index (χ2n) is 3.84. The standard InChI is InChI=1S/C12H21N/c1-4-10(3)13-12-9-7-6-8-11(12)5-2/h6-13H,4-5H2,1-3H3. The van der Waals surface area contributed by atoms with E-state index < -0.39 is 0 Å². The molecule has 0 fully saturated rings. The molecule has 3 unspecified atom stereocenters. The topological polar surface area (TPSA) is 12.0 Å². The molecule has 0 aliphatic heterocycles. The van der Waals surface area contributed by atoms with Crippen molar-refractivity contribution in [3.8, 4) is 0 Å². The maximum absolute atomic E-state index is 3.63. The van der Waals surface area contributed by atoms with E-state index in [-0.39, 0.29) is 0 Å². The monoisotopic (exact) mass is 179 g/mol. The maximum atomic E-state index is 3.63. The lowest BCUT2D eigenvalue weighted by atomic mass is 9.92. The van der Waals surface area contributed by atoms with Gasteiger partial charge in [-0.1, -0.05) is 38.2 Å². The highest BCUT2D eigenvalue weighted by Crippen LogP contribution is 2.16. The summed E-state index contributed by atoms with van der Waals surface area (Å²) in [6.45, 7) is 6.72. The van der Waals surface area contributed by atoms with Gasteiger partial charge in [-0.25, -0.2) is 0 Å². The molecule has 0 aromatic heterocycles. The summed E-state index contributed by atoms with van der Waals surface area (Å²) in [5.41, 5.74) is 0. The van der Waals surface area contributed by atoms with Crippen molar-refractivity contribution in [3.05, 3.63) is 24.3 Å². The number of hydrogen-bond donors (Lipinski definition) is 1. The molecular formula is C12H21N. The van der Waals surface area contributed by atoms with Crippen LogP contribution < -0.4 is 5.32 Å². The molecule has 0 aromatic carbocycles.